The van der Waals surface area contributed by atoms with Gasteiger partial charge >= 0.3 is 0 Å². The first kappa shape index (κ1) is 22.9. The molecule has 2 aromatic carbocycles. The predicted molar refractivity (Wildman–Crippen MR) is 121 cm³/mol. The van der Waals surface area contributed by atoms with Crippen LogP contribution in [0.3, 0.4) is 0 Å². The summed E-state index contributed by atoms with van der Waals surface area (Å²) in [7, 11) is 0. The van der Waals surface area contributed by atoms with Gasteiger partial charge in [-0.05, 0) is 44.2 Å². The number of anilines is 1. The maximum Gasteiger partial charge on any atom is 0.254 e. The molecular weight excluding hydrogens is 418 g/mol. The first-order valence-corrected chi connectivity index (χ1v) is 10.8. The zero-order valence-corrected chi connectivity index (χ0v) is 18.7. The molecular formula is C23H28ClN3O4. The van der Waals surface area contributed by atoms with Crippen molar-refractivity contribution < 1.29 is 19.1 Å². The fraction of sp³-hybridized carbons (Fsp3) is 0.391. The fourth-order valence-corrected chi connectivity index (χ4v) is 3.61. The van der Waals surface area contributed by atoms with E-state index in [9.17, 15) is 9.59 Å². The summed E-state index contributed by atoms with van der Waals surface area (Å²) >= 11 is 6.09. The average Bonchev–Trinajstić information content (AvgIpc) is 2.77. The van der Waals surface area contributed by atoms with Gasteiger partial charge in [0, 0.05) is 31.7 Å². The number of para-hydroxylation sites is 1. The summed E-state index contributed by atoms with van der Waals surface area (Å²) in [6, 6.07) is 12.4. The zero-order valence-electron chi connectivity index (χ0n) is 17.9. The van der Waals surface area contributed by atoms with Crippen LogP contribution in [-0.4, -0.2) is 67.6 Å². The lowest BCUT2D eigenvalue weighted by Gasteiger charge is -2.34. The molecule has 8 heteroatoms. The van der Waals surface area contributed by atoms with Crippen LogP contribution in [0, 0.1) is 0 Å². The molecule has 1 saturated heterocycles. The summed E-state index contributed by atoms with van der Waals surface area (Å²) in [4.78, 5) is 29.1. The van der Waals surface area contributed by atoms with Crippen molar-refractivity contribution in [2.24, 2.45) is 0 Å². The molecule has 1 aliphatic heterocycles. The molecule has 0 radical (unpaired) electrons. The van der Waals surface area contributed by atoms with Crippen molar-refractivity contribution in [2.45, 2.75) is 13.8 Å². The first-order valence-electron chi connectivity index (χ1n) is 10.5. The van der Waals surface area contributed by atoms with Crippen LogP contribution in [0.2, 0.25) is 5.02 Å². The summed E-state index contributed by atoms with van der Waals surface area (Å²) < 4.78 is 11.2. The molecule has 2 amide bonds. The van der Waals surface area contributed by atoms with E-state index < -0.39 is 0 Å². The Morgan fingerprint density at radius 2 is 1.65 bits per heavy atom. The van der Waals surface area contributed by atoms with Gasteiger partial charge in [-0.15, -0.1) is 0 Å². The second-order valence-electron chi connectivity index (χ2n) is 7.12. The third kappa shape index (κ3) is 6.12. The van der Waals surface area contributed by atoms with E-state index in [1.54, 1.807) is 35.2 Å². The molecule has 0 atom stereocenters. The van der Waals surface area contributed by atoms with E-state index in [0.29, 0.717) is 67.2 Å². The fourth-order valence-electron chi connectivity index (χ4n) is 3.43. The van der Waals surface area contributed by atoms with E-state index in [0.717, 1.165) is 0 Å². The molecule has 1 aliphatic rings. The molecule has 0 aliphatic carbocycles. The molecule has 0 bridgehead atoms. The highest BCUT2D eigenvalue weighted by molar-refractivity contribution is 6.33. The van der Waals surface area contributed by atoms with E-state index in [1.807, 2.05) is 30.9 Å². The van der Waals surface area contributed by atoms with Gasteiger partial charge in [-0.2, -0.15) is 0 Å². The number of piperazine rings is 1. The van der Waals surface area contributed by atoms with E-state index in [-0.39, 0.29) is 18.4 Å². The number of carbonyl (C=O) groups is 2. The number of nitrogens with zero attached hydrogens (tertiary/aromatic N) is 2. The van der Waals surface area contributed by atoms with Crippen LogP contribution in [0.25, 0.3) is 0 Å². The standard InChI is InChI=1S/C23H28ClN3O4/c1-3-30-20-10-9-17(15-21(20)31-4-2)23(29)27-13-11-26(12-14-27)16-22(28)25-19-8-6-5-7-18(19)24/h5-10,15H,3-4,11-14,16H2,1-2H3,(H,25,28). The molecule has 166 valence electrons. The number of rotatable bonds is 8. The molecule has 0 aromatic heterocycles. The van der Waals surface area contributed by atoms with Crippen LogP contribution in [0.5, 0.6) is 11.5 Å². The molecule has 0 spiro atoms. The topological polar surface area (TPSA) is 71.1 Å². The molecule has 0 saturated carbocycles. The number of hydrogen-bond donors (Lipinski definition) is 1. The predicted octanol–water partition coefficient (Wildman–Crippen LogP) is 3.53. The van der Waals surface area contributed by atoms with Gasteiger partial charge in [0.1, 0.15) is 0 Å². The van der Waals surface area contributed by atoms with Gasteiger partial charge in [-0.25, -0.2) is 0 Å². The Kier molecular flexibility index (Phi) is 8.14. The summed E-state index contributed by atoms with van der Waals surface area (Å²) in [5.41, 5.74) is 1.17. The van der Waals surface area contributed by atoms with Crippen molar-refractivity contribution in [3.63, 3.8) is 0 Å². The highest BCUT2D eigenvalue weighted by Gasteiger charge is 2.24. The summed E-state index contributed by atoms with van der Waals surface area (Å²) in [5, 5.41) is 3.34. The van der Waals surface area contributed by atoms with Gasteiger partial charge in [0.25, 0.3) is 5.91 Å². The molecule has 3 rings (SSSR count). The van der Waals surface area contributed by atoms with Crippen molar-refractivity contribution in [1.29, 1.82) is 0 Å². The van der Waals surface area contributed by atoms with Gasteiger partial charge in [-0.1, -0.05) is 23.7 Å². The second-order valence-corrected chi connectivity index (χ2v) is 7.53. The Morgan fingerprint density at radius 1 is 0.968 bits per heavy atom. The van der Waals surface area contributed by atoms with E-state index in [2.05, 4.69) is 5.32 Å². The molecule has 1 N–H and O–H groups in total. The van der Waals surface area contributed by atoms with Crippen LogP contribution >= 0.6 is 11.6 Å². The minimum atomic E-state index is -0.124. The van der Waals surface area contributed by atoms with Crippen molar-refractivity contribution in [2.75, 3.05) is 51.3 Å². The minimum Gasteiger partial charge on any atom is -0.490 e. The average molecular weight is 446 g/mol. The van der Waals surface area contributed by atoms with Gasteiger partial charge in [0.05, 0.1) is 30.5 Å². The number of amides is 2. The number of hydrogen-bond acceptors (Lipinski definition) is 5. The molecule has 1 heterocycles. The Bertz CT molecular complexity index is 913. The minimum absolute atomic E-state index is 0.0517. The Balaban J connectivity index is 1.54. The normalized spacial score (nSPS) is 14.2. The van der Waals surface area contributed by atoms with Crippen LogP contribution in [0.15, 0.2) is 42.5 Å². The monoisotopic (exact) mass is 445 g/mol. The van der Waals surface area contributed by atoms with Crippen molar-refractivity contribution in [3.05, 3.63) is 53.1 Å². The number of nitrogens with one attached hydrogen (secondary N) is 1. The maximum atomic E-state index is 12.9. The molecule has 0 unspecified atom stereocenters. The lowest BCUT2D eigenvalue weighted by Crippen LogP contribution is -2.50. The molecule has 7 nitrogen and oxygen atoms in total. The van der Waals surface area contributed by atoms with Crippen molar-refractivity contribution in [3.8, 4) is 11.5 Å². The van der Waals surface area contributed by atoms with Gasteiger partial charge in [-0.3, -0.25) is 14.5 Å². The van der Waals surface area contributed by atoms with Crippen LogP contribution in [0.4, 0.5) is 5.69 Å². The van der Waals surface area contributed by atoms with Crippen LogP contribution in [0.1, 0.15) is 24.2 Å². The zero-order chi connectivity index (χ0) is 22.2. The number of halogens is 1. The van der Waals surface area contributed by atoms with Crippen molar-refractivity contribution in [1.82, 2.24) is 9.80 Å². The lowest BCUT2D eigenvalue weighted by atomic mass is 10.1. The van der Waals surface area contributed by atoms with E-state index in [1.165, 1.54) is 0 Å². The molecule has 31 heavy (non-hydrogen) atoms. The van der Waals surface area contributed by atoms with Gasteiger partial charge < -0.3 is 19.7 Å². The Labute approximate surface area is 187 Å². The lowest BCUT2D eigenvalue weighted by molar-refractivity contribution is -0.117. The molecule has 2 aromatic rings. The quantitative estimate of drug-likeness (QED) is 0.673. The number of ether oxygens (including phenoxy) is 2. The third-order valence-corrected chi connectivity index (χ3v) is 5.29. The highest BCUT2D eigenvalue weighted by atomic mass is 35.5. The van der Waals surface area contributed by atoms with E-state index >= 15 is 0 Å². The smallest absolute Gasteiger partial charge is 0.254 e. The molecule has 1 fully saturated rings. The van der Waals surface area contributed by atoms with Gasteiger partial charge in [0.2, 0.25) is 5.91 Å². The van der Waals surface area contributed by atoms with Gasteiger partial charge in [0.15, 0.2) is 11.5 Å². The number of carbonyl (C=O) groups excluding carboxylic acids is 2. The largest absolute Gasteiger partial charge is 0.490 e. The first-order chi connectivity index (χ1) is 15.0. The SMILES string of the molecule is CCOc1ccc(C(=O)N2CCN(CC(=O)Nc3ccccc3Cl)CC2)cc1OCC. The van der Waals surface area contributed by atoms with Crippen LogP contribution in [-0.2, 0) is 4.79 Å². The van der Waals surface area contributed by atoms with Crippen LogP contribution < -0.4 is 14.8 Å². The summed E-state index contributed by atoms with van der Waals surface area (Å²) in [6.45, 7) is 7.42. The van der Waals surface area contributed by atoms with E-state index in [4.69, 9.17) is 21.1 Å². The Hall–Kier alpha value is -2.77. The Morgan fingerprint density at radius 3 is 2.32 bits per heavy atom. The third-order valence-electron chi connectivity index (χ3n) is 4.97. The summed E-state index contributed by atoms with van der Waals surface area (Å²) in [6.07, 6.45) is 0. The highest BCUT2D eigenvalue weighted by Crippen LogP contribution is 2.29. The summed E-state index contributed by atoms with van der Waals surface area (Å²) in [5.74, 6) is 1.03. The van der Waals surface area contributed by atoms with Crippen molar-refractivity contribution >= 4 is 29.1 Å². The maximum absolute atomic E-state index is 12.9. The number of benzene rings is 2. The second kappa shape index (κ2) is 11.0.